The first-order chi connectivity index (χ1) is 9.26. The van der Waals surface area contributed by atoms with Gasteiger partial charge in [0.2, 0.25) is 0 Å². The number of aliphatic imine (C=N–C) groups is 1. The number of rotatable bonds is 2. The van der Waals surface area contributed by atoms with Crippen LogP contribution < -0.4 is 5.32 Å². The molecule has 116 valence electrons. The molecule has 7 heteroatoms. The van der Waals surface area contributed by atoms with Crippen molar-refractivity contribution in [2.75, 3.05) is 40.3 Å². The number of carbonyl (C=O) groups is 1. The Labute approximate surface area is 127 Å². The van der Waals surface area contributed by atoms with Gasteiger partial charge in [-0.15, -0.1) is 0 Å². The van der Waals surface area contributed by atoms with Gasteiger partial charge in [-0.2, -0.15) is 0 Å². The summed E-state index contributed by atoms with van der Waals surface area (Å²) in [4.78, 5) is 17.8. The first-order valence-electron chi connectivity index (χ1n) is 6.58. The maximum Gasteiger partial charge on any atom is 0.293 e. The van der Waals surface area contributed by atoms with Crippen molar-refractivity contribution in [3.05, 3.63) is 0 Å². The van der Waals surface area contributed by atoms with E-state index >= 15 is 0 Å². The topological polar surface area (TPSA) is 57.2 Å². The van der Waals surface area contributed by atoms with Gasteiger partial charge in [0.15, 0.2) is 5.11 Å². The Balaban J connectivity index is 0.000000441. The highest BCUT2D eigenvalue weighted by Crippen LogP contribution is 2.02. The molecular formula is C13H26N4O2S. The van der Waals surface area contributed by atoms with Crippen molar-refractivity contribution in [3.8, 4) is 0 Å². The molecule has 0 unspecified atom stereocenters. The number of carbonyl (C=O) groups excluding carboxylic acids is 1. The van der Waals surface area contributed by atoms with Crippen molar-refractivity contribution in [1.29, 1.82) is 0 Å². The Bertz CT molecular complexity index is 321. The molecule has 0 bridgehead atoms. The highest BCUT2D eigenvalue weighted by molar-refractivity contribution is 7.80. The summed E-state index contributed by atoms with van der Waals surface area (Å²) in [6, 6.07) is 0. The highest BCUT2D eigenvalue weighted by atomic mass is 32.1. The summed E-state index contributed by atoms with van der Waals surface area (Å²) >= 11 is 5.17. The summed E-state index contributed by atoms with van der Waals surface area (Å²) in [7, 11) is 3.87. The molecule has 0 aromatic heterocycles. The fourth-order valence-electron chi connectivity index (χ4n) is 1.25. The van der Waals surface area contributed by atoms with Gasteiger partial charge in [0.1, 0.15) is 5.60 Å². The first kappa shape index (κ1) is 18.8. The van der Waals surface area contributed by atoms with Crippen molar-refractivity contribution < 1.29 is 9.53 Å². The van der Waals surface area contributed by atoms with Crippen LogP contribution in [-0.4, -0.2) is 73.6 Å². The summed E-state index contributed by atoms with van der Waals surface area (Å²) in [5.74, 6) is 0. The molecule has 1 saturated heterocycles. The quantitative estimate of drug-likeness (QED) is 0.351. The Morgan fingerprint density at radius 2 is 1.90 bits per heavy atom. The third-order valence-electron chi connectivity index (χ3n) is 2.19. The summed E-state index contributed by atoms with van der Waals surface area (Å²) in [6.45, 7) is 9.84. The van der Waals surface area contributed by atoms with Gasteiger partial charge in [-0.1, -0.05) is 0 Å². The van der Waals surface area contributed by atoms with Gasteiger partial charge < -0.3 is 19.9 Å². The lowest BCUT2D eigenvalue weighted by Crippen LogP contribution is -2.45. The van der Waals surface area contributed by atoms with Crippen molar-refractivity contribution in [3.63, 3.8) is 0 Å². The van der Waals surface area contributed by atoms with E-state index in [0.29, 0.717) is 11.6 Å². The van der Waals surface area contributed by atoms with Gasteiger partial charge in [0.25, 0.3) is 6.47 Å². The third kappa shape index (κ3) is 10.7. The first-order valence-corrected chi connectivity index (χ1v) is 6.99. The molecule has 0 saturated carbocycles. The standard InChI is InChI=1S/C8H16N4S.C5H10O2/c1-11(2)7-10-8(13)12-5-3-9-4-6-12;1-5(2,3)7-4-6/h7,9H,3-6H2,1-2H3;4H,1-3H3. The smallest absolute Gasteiger partial charge is 0.293 e. The molecule has 0 amide bonds. The zero-order valence-electron chi connectivity index (χ0n) is 13.0. The molecule has 0 aromatic rings. The van der Waals surface area contributed by atoms with E-state index in [1.807, 2.05) is 39.8 Å². The molecule has 1 N–H and O–H groups in total. The monoisotopic (exact) mass is 302 g/mol. The van der Waals surface area contributed by atoms with Crippen LogP contribution in [0.4, 0.5) is 0 Å². The summed E-state index contributed by atoms with van der Waals surface area (Å²) in [5.41, 5.74) is -0.318. The van der Waals surface area contributed by atoms with E-state index in [-0.39, 0.29) is 5.60 Å². The lowest BCUT2D eigenvalue weighted by Gasteiger charge is -2.27. The predicted octanol–water partition coefficient (Wildman–Crippen LogP) is 0.724. The average Bonchev–Trinajstić information content (AvgIpc) is 2.36. The lowest BCUT2D eigenvalue weighted by molar-refractivity contribution is -0.138. The summed E-state index contributed by atoms with van der Waals surface area (Å²) in [6.07, 6.45) is 1.74. The number of ether oxygens (including phenoxy) is 1. The molecule has 0 radical (unpaired) electrons. The number of thiocarbonyl (C=S) groups is 1. The Hall–Kier alpha value is -1.21. The van der Waals surface area contributed by atoms with E-state index in [0.717, 1.165) is 26.2 Å². The summed E-state index contributed by atoms with van der Waals surface area (Å²) in [5, 5.41) is 3.96. The van der Waals surface area contributed by atoms with Gasteiger partial charge in [-0.05, 0) is 33.0 Å². The summed E-state index contributed by atoms with van der Waals surface area (Å²) < 4.78 is 4.55. The van der Waals surface area contributed by atoms with Gasteiger partial charge in [-0.25, -0.2) is 4.99 Å². The fourth-order valence-corrected chi connectivity index (χ4v) is 1.48. The van der Waals surface area contributed by atoms with Crippen LogP contribution in [-0.2, 0) is 9.53 Å². The average molecular weight is 302 g/mol. The molecule has 0 aliphatic carbocycles. The van der Waals surface area contributed by atoms with Gasteiger partial charge in [0, 0.05) is 40.3 Å². The van der Waals surface area contributed by atoms with Gasteiger partial charge in [-0.3, -0.25) is 4.79 Å². The van der Waals surface area contributed by atoms with Crippen molar-refractivity contribution in [1.82, 2.24) is 15.1 Å². The molecule has 6 nitrogen and oxygen atoms in total. The van der Waals surface area contributed by atoms with E-state index in [2.05, 4.69) is 19.9 Å². The molecule has 0 aromatic carbocycles. The molecule has 1 rings (SSSR count). The minimum absolute atomic E-state index is 0.318. The minimum Gasteiger partial charge on any atom is -0.462 e. The van der Waals surface area contributed by atoms with E-state index < -0.39 is 0 Å². The fraction of sp³-hybridized carbons (Fsp3) is 0.769. The number of piperazine rings is 1. The van der Waals surface area contributed by atoms with Crippen LogP contribution in [0, 0.1) is 0 Å². The Morgan fingerprint density at radius 1 is 1.35 bits per heavy atom. The van der Waals surface area contributed by atoms with E-state index in [1.165, 1.54) is 0 Å². The highest BCUT2D eigenvalue weighted by Gasteiger charge is 2.11. The van der Waals surface area contributed by atoms with Crippen LogP contribution in [0.3, 0.4) is 0 Å². The van der Waals surface area contributed by atoms with Crippen LogP contribution in [0.1, 0.15) is 20.8 Å². The Morgan fingerprint density at radius 3 is 2.25 bits per heavy atom. The zero-order chi connectivity index (χ0) is 15.6. The molecule has 1 heterocycles. The number of hydrogen-bond acceptors (Lipinski definition) is 4. The maximum atomic E-state index is 9.60. The lowest BCUT2D eigenvalue weighted by atomic mass is 10.2. The number of hydrogen-bond donors (Lipinski definition) is 1. The van der Waals surface area contributed by atoms with Crippen molar-refractivity contribution in [2.45, 2.75) is 26.4 Å². The zero-order valence-corrected chi connectivity index (χ0v) is 13.9. The molecule has 20 heavy (non-hydrogen) atoms. The molecule has 1 aliphatic rings. The maximum absolute atomic E-state index is 9.60. The van der Waals surface area contributed by atoms with Crippen molar-refractivity contribution >= 4 is 30.1 Å². The SMILES string of the molecule is CC(C)(C)OC=O.CN(C)C=NC(=S)N1CCNCC1. The van der Waals surface area contributed by atoms with Crippen LogP contribution in [0.2, 0.25) is 0 Å². The van der Waals surface area contributed by atoms with Gasteiger partial charge >= 0.3 is 0 Å². The normalized spacial score (nSPS) is 15.3. The van der Waals surface area contributed by atoms with Gasteiger partial charge in [0.05, 0.1) is 6.34 Å². The molecular weight excluding hydrogens is 276 g/mol. The second-order valence-electron chi connectivity index (χ2n) is 5.55. The number of nitrogens with zero attached hydrogens (tertiary/aromatic N) is 3. The molecule has 0 atom stereocenters. The number of nitrogens with one attached hydrogen (secondary N) is 1. The second kappa shape index (κ2) is 9.66. The van der Waals surface area contributed by atoms with Crippen molar-refractivity contribution in [2.24, 2.45) is 4.99 Å². The predicted molar refractivity (Wildman–Crippen MR) is 86.1 cm³/mol. The van der Waals surface area contributed by atoms with Crippen LogP contribution in [0.25, 0.3) is 0 Å². The largest absolute Gasteiger partial charge is 0.462 e. The molecule has 1 fully saturated rings. The van der Waals surface area contributed by atoms with E-state index in [4.69, 9.17) is 12.2 Å². The molecule has 1 aliphatic heterocycles. The van der Waals surface area contributed by atoms with Crippen LogP contribution >= 0.6 is 12.2 Å². The van der Waals surface area contributed by atoms with E-state index in [1.54, 1.807) is 6.34 Å². The second-order valence-corrected chi connectivity index (χ2v) is 5.92. The van der Waals surface area contributed by atoms with Crippen LogP contribution in [0.15, 0.2) is 4.99 Å². The van der Waals surface area contributed by atoms with Crippen LogP contribution in [0.5, 0.6) is 0 Å². The Kier molecular flexibility index (Phi) is 9.07. The molecule has 0 spiro atoms. The van der Waals surface area contributed by atoms with E-state index in [9.17, 15) is 4.79 Å². The minimum atomic E-state index is -0.318. The third-order valence-corrected chi connectivity index (χ3v) is 2.55.